The van der Waals surface area contributed by atoms with Gasteiger partial charge < -0.3 is 19.4 Å². The molecule has 112 valence electrons. The van der Waals surface area contributed by atoms with Gasteiger partial charge in [-0.05, 0) is 12.1 Å². The topological polar surface area (TPSA) is 53.1 Å². The molecule has 2 heterocycles. The van der Waals surface area contributed by atoms with Gasteiger partial charge in [0.15, 0.2) is 0 Å². The molecule has 0 unspecified atom stereocenters. The molecule has 0 saturated carbocycles. The van der Waals surface area contributed by atoms with E-state index in [1.54, 1.807) is 4.90 Å². The fourth-order valence-electron chi connectivity index (χ4n) is 2.73. The van der Waals surface area contributed by atoms with Gasteiger partial charge >= 0.3 is 0 Å². The number of carbonyl (C=O) groups is 2. The van der Waals surface area contributed by atoms with Crippen LogP contribution in [0.15, 0.2) is 24.3 Å². The van der Waals surface area contributed by atoms with Crippen LogP contribution >= 0.6 is 0 Å². The maximum absolute atomic E-state index is 12.4. The summed E-state index contributed by atoms with van der Waals surface area (Å²) in [6, 6.07) is 7.79. The molecule has 2 aliphatic rings. The van der Waals surface area contributed by atoms with E-state index in [-0.39, 0.29) is 5.91 Å². The van der Waals surface area contributed by atoms with Crippen LogP contribution in [0.5, 0.6) is 5.75 Å². The number of para-hydroxylation sites is 2. The van der Waals surface area contributed by atoms with Gasteiger partial charge in [-0.15, -0.1) is 0 Å². The molecule has 1 saturated heterocycles. The summed E-state index contributed by atoms with van der Waals surface area (Å²) in [5, 5.41) is 0. The van der Waals surface area contributed by atoms with Crippen molar-refractivity contribution < 1.29 is 14.3 Å². The minimum atomic E-state index is 0.109. The number of nitrogens with zero attached hydrogens (tertiary/aromatic N) is 3. The predicted molar refractivity (Wildman–Crippen MR) is 78.4 cm³/mol. The van der Waals surface area contributed by atoms with Gasteiger partial charge in [0.1, 0.15) is 12.4 Å². The highest BCUT2D eigenvalue weighted by Crippen LogP contribution is 2.30. The zero-order valence-corrected chi connectivity index (χ0v) is 11.9. The van der Waals surface area contributed by atoms with Crippen LogP contribution in [0, 0.1) is 0 Å². The fraction of sp³-hybridized carbons (Fsp3) is 0.467. The van der Waals surface area contributed by atoms with Crippen molar-refractivity contribution in [1.82, 2.24) is 9.80 Å². The van der Waals surface area contributed by atoms with E-state index in [9.17, 15) is 9.59 Å². The maximum atomic E-state index is 12.4. The summed E-state index contributed by atoms with van der Waals surface area (Å²) in [4.78, 5) is 28.7. The maximum Gasteiger partial charge on any atom is 0.242 e. The molecule has 0 bridgehead atoms. The highest BCUT2D eigenvalue weighted by molar-refractivity contribution is 5.82. The van der Waals surface area contributed by atoms with Gasteiger partial charge in [-0.3, -0.25) is 9.59 Å². The molecule has 6 heteroatoms. The summed E-state index contributed by atoms with van der Waals surface area (Å²) < 4.78 is 5.60. The van der Waals surface area contributed by atoms with Gasteiger partial charge in [-0.1, -0.05) is 12.1 Å². The molecule has 1 aromatic rings. The Morgan fingerprint density at radius 2 is 1.90 bits per heavy atom. The first kappa shape index (κ1) is 13.7. The molecule has 1 fully saturated rings. The van der Waals surface area contributed by atoms with Gasteiger partial charge in [0.2, 0.25) is 12.3 Å². The zero-order valence-electron chi connectivity index (χ0n) is 11.9. The average Bonchev–Trinajstić information content (AvgIpc) is 2.55. The van der Waals surface area contributed by atoms with Crippen molar-refractivity contribution in [2.45, 2.75) is 0 Å². The lowest BCUT2D eigenvalue weighted by atomic mass is 10.2. The fourth-order valence-corrected chi connectivity index (χ4v) is 2.73. The summed E-state index contributed by atoms with van der Waals surface area (Å²) in [6.45, 7) is 4.15. The molecule has 0 radical (unpaired) electrons. The summed E-state index contributed by atoms with van der Waals surface area (Å²) in [5.74, 6) is 0.944. The molecule has 0 atom stereocenters. The number of carbonyl (C=O) groups excluding carboxylic acids is 2. The minimum absolute atomic E-state index is 0.109. The van der Waals surface area contributed by atoms with Gasteiger partial charge in [0, 0.05) is 26.2 Å². The number of fused-ring (bicyclic) bond motifs is 1. The van der Waals surface area contributed by atoms with E-state index in [0.29, 0.717) is 39.3 Å². The van der Waals surface area contributed by atoms with Crippen molar-refractivity contribution in [3.8, 4) is 5.75 Å². The second-order valence-electron chi connectivity index (χ2n) is 5.26. The Labute approximate surface area is 123 Å². The molecule has 0 spiro atoms. The normalized spacial score (nSPS) is 18.0. The number of piperazine rings is 1. The summed E-state index contributed by atoms with van der Waals surface area (Å²) in [6.07, 6.45) is 0.847. The van der Waals surface area contributed by atoms with Crippen LogP contribution in [0.4, 0.5) is 5.69 Å². The minimum Gasteiger partial charge on any atom is -0.490 e. The van der Waals surface area contributed by atoms with Crippen LogP contribution in [-0.4, -0.2) is 68.0 Å². The number of benzene rings is 1. The largest absolute Gasteiger partial charge is 0.490 e. The van der Waals surface area contributed by atoms with Crippen LogP contribution in [0.2, 0.25) is 0 Å². The number of ether oxygens (including phenoxy) is 1. The lowest BCUT2D eigenvalue weighted by Crippen LogP contribution is -2.51. The Morgan fingerprint density at radius 1 is 1.14 bits per heavy atom. The van der Waals surface area contributed by atoms with E-state index >= 15 is 0 Å². The molecule has 6 nitrogen and oxygen atoms in total. The predicted octanol–water partition coefficient (Wildman–Crippen LogP) is 0.186. The SMILES string of the molecule is O=CN1CCN(C(=O)CN2CCOc3ccccc32)CC1. The Kier molecular flexibility index (Phi) is 3.94. The first-order valence-electron chi connectivity index (χ1n) is 7.22. The van der Waals surface area contributed by atoms with Crippen LogP contribution in [-0.2, 0) is 9.59 Å². The third-order valence-electron chi connectivity index (χ3n) is 3.97. The molecule has 1 aromatic carbocycles. The third-order valence-corrected chi connectivity index (χ3v) is 3.97. The molecule has 3 rings (SSSR count). The van der Waals surface area contributed by atoms with Gasteiger partial charge in [0.05, 0.1) is 18.8 Å². The van der Waals surface area contributed by atoms with E-state index in [4.69, 9.17) is 4.74 Å². The summed E-state index contributed by atoms with van der Waals surface area (Å²) >= 11 is 0. The van der Waals surface area contributed by atoms with Crippen molar-refractivity contribution in [2.75, 3.05) is 50.8 Å². The molecule has 0 N–H and O–H groups in total. The van der Waals surface area contributed by atoms with E-state index < -0.39 is 0 Å². The first-order chi connectivity index (χ1) is 10.3. The van der Waals surface area contributed by atoms with E-state index in [1.165, 1.54) is 0 Å². The van der Waals surface area contributed by atoms with Gasteiger partial charge in [-0.2, -0.15) is 0 Å². The number of hydrogen-bond donors (Lipinski definition) is 0. The van der Waals surface area contributed by atoms with Crippen molar-refractivity contribution in [3.05, 3.63) is 24.3 Å². The van der Waals surface area contributed by atoms with Crippen LogP contribution in [0.25, 0.3) is 0 Å². The number of rotatable bonds is 3. The molecular formula is C15H19N3O3. The van der Waals surface area contributed by atoms with E-state index in [1.807, 2.05) is 29.2 Å². The second kappa shape index (κ2) is 6.03. The molecule has 2 aliphatic heterocycles. The quantitative estimate of drug-likeness (QED) is 0.745. The zero-order chi connectivity index (χ0) is 14.7. The van der Waals surface area contributed by atoms with Crippen molar-refractivity contribution in [1.29, 1.82) is 0 Å². The molecular weight excluding hydrogens is 270 g/mol. The monoisotopic (exact) mass is 289 g/mol. The molecule has 0 aromatic heterocycles. The summed E-state index contributed by atoms with van der Waals surface area (Å²) in [7, 11) is 0. The highest BCUT2D eigenvalue weighted by atomic mass is 16.5. The Morgan fingerprint density at radius 3 is 2.67 bits per heavy atom. The average molecular weight is 289 g/mol. The number of amides is 2. The Bertz CT molecular complexity index is 527. The number of anilines is 1. The van der Waals surface area contributed by atoms with Crippen LogP contribution in [0.1, 0.15) is 0 Å². The third kappa shape index (κ3) is 2.94. The van der Waals surface area contributed by atoms with Crippen LogP contribution < -0.4 is 9.64 Å². The van der Waals surface area contributed by atoms with Crippen molar-refractivity contribution >= 4 is 18.0 Å². The lowest BCUT2D eigenvalue weighted by Gasteiger charge is -2.36. The van der Waals surface area contributed by atoms with Gasteiger partial charge in [0.25, 0.3) is 0 Å². The van der Waals surface area contributed by atoms with E-state index in [2.05, 4.69) is 4.90 Å². The van der Waals surface area contributed by atoms with Crippen molar-refractivity contribution in [2.24, 2.45) is 0 Å². The van der Waals surface area contributed by atoms with Gasteiger partial charge in [-0.25, -0.2) is 0 Å². The molecule has 2 amide bonds. The lowest BCUT2D eigenvalue weighted by molar-refractivity contribution is -0.133. The van der Waals surface area contributed by atoms with Crippen molar-refractivity contribution in [3.63, 3.8) is 0 Å². The Hall–Kier alpha value is -2.24. The standard InChI is InChI=1S/C15H19N3O3/c19-12-16-5-7-17(8-6-16)15(20)11-18-9-10-21-14-4-2-1-3-13(14)18/h1-4,12H,5-11H2. The summed E-state index contributed by atoms with van der Waals surface area (Å²) in [5.41, 5.74) is 0.976. The molecule has 0 aliphatic carbocycles. The first-order valence-corrected chi connectivity index (χ1v) is 7.22. The van der Waals surface area contributed by atoms with Crippen LogP contribution in [0.3, 0.4) is 0 Å². The number of hydrogen-bond acceptors (Lipinski definition) is 4. The van der Waals surface area contributed by atoms with E-state index in [0.717, 1.165) is 24.4 Å². The smallest absolute Gasteiger partial charge is 0.242 e. The highest BCUT2D eigenvalue weighted by Gasteiger charge is 2.24. The second-order valence-corrected chi connectivity index (χ2v) is 5.26. The molecule has 21 heavy (non-hydrogen) atoms. The Balaban J connectivity index is 1.62.